The van der Waals surface area contributed by atoms with Gasteiger partial charge in [0.25, 0.3) is 0 Å². The maximum absolute atomic E-state index is 3.83. The highest BCUT2D eigenvalue weighted by molar-refractivity contribution is 9.10. The van der Waals surface area contributed by atoms with Crippen molar-refractivity contribution < 1.29 is 0 Å². The number of nitrogens with one attached hydrogen (secondary N) is 1. The number of benzene rings is 1. The summed E-state index contributed by atoms with van der Waals surface area (Å²) in [5, 5.41) is 3.49. The van der Waals surface area contributed by atoms with Crippen LogP contribution in [0.5, 0.6) is 0 Å². The maximum Gasteiger partial charge on any atom is 0.0513 e. The van der Waals surface area contributed by atoms with E-state index >= 15 is 0 Å². The third-order valence-electron chi connectivity index (χ3n) is 5.28. The van der Waals surface area contributed by atoms with Crippen LogP contribution in [0.4, 0.5) is 5.69 Å². The van der Waals surface area contributed by atoms with Crippen LogP contribution < -0.4 is 10.2 Å². The van der Waals surface area contributed by atoms with Gasteiger partial charge in [0.1, 0.15) is 0 Å². The number of nitrogens with zero attached hydrogens (tertiary/aromatic N) is 1. The lowest BCUT2D eigenvalue weighted by Gasteiger charge is -2.40. The number of fused-ring (bicyclic) bond motifs is 1. The molecule has 3 unspecified atom stereocenters. The van der Waals surface area contributed by atoms with E-state index in [-0.39, 0.29) is 0 Å². The van der Waals surface area contributed by atoms with Crippen LogP contribution in [0.25, 0.3) is 0 Å². The number of anilines is 1. The Kier molecular flexibility index (Phi) is 4.90. The molecule has 1 aliphatic carbocycles. The van der Waals surface area contributed by atoms with Crippen molar-refractivity contribution >= 4 is 21.6 Å². The van der Waals surface area contributed by atoms with E-state index in [4.69, 9.17) is 0 Å². The topological polar surface area (TPSA) is 15.3 Å². The number of halogens is 1. The molecule has 0 spiro atoms. The number of rotatable bonds is 4. The second-order valence-corrected chi connectivity index (χ2v) is 7.44. The lowest BCUT2D eigenvalue weighted by atomic mass is 9.91. The Morgan fingerprint density at radius 2 is 2.10 bits per heavy atom. The molecule has 1 aliphatic heterocycles. The Morgan fingerprint density at radius 3 is 2.86 bits per heavy atom. The lowest BCUT2D eigenvalue weighted by Crippen LogP contribution is -2.42. The van der Waals surface area contributed by atoms with E-state index in [1.807, 2.05) is 0 Å². The Bertz CT molecular complexity index is 488. The summed E-state index contributed by atoms with van der Waals surface area (Å²) in [5.41, 5.74) is 2.77. The van der Waals surface area contributed by atoms with Gasteiger partial charge in [0.2, 0.25) is 0 Å². The zero-order valence-electron chi connectivity index (χ0n) is 13.2. The van der Waals surface area contributed by atoms with Crippen molar-refractivity contribution in [2.24, 2.45) is 5.92 Å². The van der Waals surface area contributed by atoms with E-state index in [1.54, 1.807) is 0 Å². The van der Waals surface area contributed by atoms with Crippen molar-refractivity contribution in [1.29, 1.82) is 0 Å². The summed E-state index contributed by atoms with van der Waals surface area (Å²) in [4.78, 5) is 2.67. The van der Waals surface area contributed by atoms with Gasteiger partial charge in [-0.2, -0.15) is 0 Å². The molecule has 2 fully saturated rings. The fraction of sp³-hybridized carbons (Fsp3) is 0.667. The van der Waals surface area contributed by atoms with Crippen LogP contribution in [0.1, 0.15) is 57.6 Å². The molecule has 3 rings (SSSR count). The smallest absolute Gasteiger partial charge is 0.0513 e. The fourth-order valence-electron chi connectivity index (χ4n) is 4.20. The van der Waals surface area contributed by atoms with Gasteiger partial charge >= 0.3 is 0 Å². The highest BCUT2D eigenvalue weighted by atomic mass is 79.9. The standard InChI is InChI=1S/C18H27BrN2/c1-3-20-13(2)15-9-10-18(16(19)12-15)21-11-5-7-14-6-4-8-17(14)21/h9-10,12-14,17,20H,3-8,11H2,1-2H3. The molecule has 1 aromatic rings. The lowest BCUT2D eigenvalue weighted by molar-refractivity contribution is 0.362. The van der Waals surface area contributed by atoms with Crippen LogP contribution in [0.2, 0.25) is 0 Å². The molecule has 1 N–H and O–H groups in total. The SMILES string of the molecule is CCNC(C)c1ccc(N2CCCC3CCCC32)c(Br)c1. The highest BCUT2D eigenvalue weighted by Crippen LogP contribution is 2.41. The molecule has 0 bridgehead atoms. The van der Waals surface area contributed by atoms with Crippen molar-refractivity contribution in [2.45, 2.75) is 58.0 Å². The van der Waals surface area contributed by atoms with E-state index in [2.05, 4.69) is 58.2 Å². The van der Waals surface area contributed by atoms with Gasteiger partial charge in [-0.3, -0.25) is 0 Å². The summed E-state index contributed by atoms with van der Waals surface area (Å²) in [5.74, 6) is 0.936. The summed E-state index contributed by atoms with van der Waals surface area (Å²) >= 11 is 3.83. The van der Waals surface area contributed by atoms with Gasteiger partial charge < -0.3 is 10.2 Å². The minimum absolute atomic E-state index is 0.418. The molecule has 0 radical (unpaired) electrons. The molecule has 2 aliphatic rings. The fourth-order valence-corrected chi connectivity index (χ4v) is 4.83. The molecule has 1 saturated heterocycles. The molecule has 116 valence electrons. The molecule has 2 nitrogen and oxygen atoms in total. The Balaban J connectivity index is 1.82. The monoisotopic (exact) mass is 350 g/mol. The summed E-state index contributed by atoms with van der Waals surface area (Å²) in [6.45, 7) is 6.63. The summed E-state index contributed by atoms with van der Waals surface area (Å²) in [6.07, 6.45) is 7.03. The summed E-state index contributed by atoms with van der Waals surface area (Å²) in [6, 6.07) is 8.13. The first-order valence-electron chi connectivity index (χ1n) is 8.50. The summed E-state index contributed by atoms with van der Waals surface area (Å²) in [7, 11) is 0. The van der Waals surface area contributed by atoms with Gasteiger partial charge in [-0.25, -0.2) is 0 Å². The average molecular weight is 351 g/mol. The first kappa shape index (κ1) is 15.4. The van der Waals surface area contributed by atoms with Gasteiger partial charge in [-0.15, -0.1) is 0 Å². The number of hydrogen-bond acceptors (Lipinski definition) is 2. The normalized spacial score (nSPS) is 26.7. The van der Waals surface area contributed by atoms with E-state index in [1.165, 1.54) is 54.4 Å². The van der Waals surface area contributed by atoms with Crippen molar-refractivity contribution in [3.8, 4) is 0 Å². The molecule has 0 aromatic heterocycles. The molecule has 21 heavy (non-hydrogen) atoms. The van der Waals surface area contributed by atoms with Crippen LogP contribution in [0.3, 0.4) is 0 Å². The first-order valence-corrected chi connectivity index (χ1v) is 9.29. The number of piperidine rings is 1. The molecule has 3 atom stereocenters. The van der Waals surface area contributed by atoms with Crippen LogP contribution in [0.15, 0.2) is 22.7 Å². The molecular weight excluding hydrogens is 324 g/mol. The largest absolute Gasteiger partial charge is 0.367 e. The molecule has 3 heteroatoms. The number of hydrogen-bond donors (Lipinski definition) is 1. The van der Waals surface area contributed by atoms with Gasteiger partial charge in [0.05, 0.1) is 5.69 Å². The van der Waals surface area contributed by atoms with Crippen molar-refractivity contribution in [3.63, 3.8) is 0 Å². The second-order valence-electron chi connectivity index (χ2n) is 6.58. The zero-order valence-corrected chi connectivity index (χ0v) is 14.8. The molecule has 1 heterocycles. The predicted molar refractivity (Wildman–Crippen MR) is 93.9 cm³/mol. The van der Waals surface area contributed by atoms with Crippen LogP contribution in [-0.4, -0.2) is 19.1 Å². The van der Waals surface area contributed by atoms with E-state index < -0.39 is 0 Å². The maximum atomic E-state index is 3.83. The predicted octanol–water partition coefficient (Wildman–Crippen LogP) is 4.89. The third kappa shape index (κ3) is 3.14. The van der Waals surface area contributed by atoms with E-state index in [0.717, 1.165) is 18.5 Å². The van der Waals surface area contributed by atoms with Crippen LogP contribution in [0, 0.1) is 5.92 Å². The van der Waals surface area contributed by atoms with E-state index in [9.17, 15) is 0 Å². The minimum atomic E-state index is 0.418. The molecular formula is C18H27BrN2. The van der Waals surface area contributed by atoms with Gasteiger partial charge in [-0.05, 0) is 78.7 Å². The third-order valence-corrected chi connectivity index (χ3v) is 5.92. The molecule has 1 saturated carbocycles. The average Bonchev–Trinajstić information content (AvgIpc) is 2.96. The van der Waals surface area contributed by atoms with E-state index in [0.29, 0.717) is 6.04 Å². The second kappa shape index (κ2) is 6.70. The van der Waals surface area contributed by atoms with Crippen molar-refractivity contribution in [3.05, 3.63) is 28.2 Å². The Morgan fingerprint density at radius 1 is 1.29 bits per heavy atom. The van der Waals surface area contributed by atoms with Gasteiger partial charge in [0, 0.05) is 23.1 Å². The quantitative estimate of drug-likeness (QED) is 0.831. The van der Waals surface area contributed by atoms with Gasteiger partial charge in [0.15, 0.2) is 0 Å². The van der Waals surface area contributed by atoms with Crippen LogP contribution >= 0.6 is 15.9 Å². The zero-order chi connectivity index (χ0) is 14.8. The Hall–Kier alpha value is -0.540. The van der Waals surface area contributed by atoms with Crippen molar-refractivity contribution in [1.82, 2.24) is 5.32 Å². The van der Waals surface area contributed by atoms with Crippen LogP contribution in [-0.2, 0) is 0 Å². The van der Waals surface area contributed by atoms with Gasteiger partial charge in [-0.1, -0.05) is 19.4 Å². The minimum Gasteiger partial charge on any atom is -0.367 e. The summed E-state index contributed by atoms with van der Waals surface area (Å²) < 4.78 is 1.26. The first-order chi connectivity index (χ1) is 10.2. The molecule has 0 amide bonds. The Labute approximate surface area is 137 Å². The highest BCUT2D eigenvalue weighted by Gasteiger charge is 2.35. The molecule has 1 aromatic carbocycles. The van der Waals surface area contributed by atoms with Crippen molar-refractivity contribution in [2.75, 3.05) is 18.0 Å².